The summed E-state index contributed by atoms with van der Waals surface area (Å²) in [5.74, 6) is 0.514. The summed E-state index contributed by atoms with van der Waals surface area (Å²) < 4.78 is 67.1. The molecule has 3 aromatic heterocycles. The first-order valence-electron chi connectivity index (χ1n) is 12.4. The number of nitrogens with zero attached hydrogens (tertiary/aromatic N) is 6. The number of ether oxygens (including phenoxy) is 1. The zero-order valence-electron chi connectivity index (χ0n) is 21.4. The molecule has 0 saturated heterocycles. The van der Waals surface area contributed by atoms with Crippen LogP contribution < -0.4 is 4.74 Å². The van der Waals surface area contributed by atoms with E-state index < -0.39 is 17.7 Å². The van der Waals surface area contributed by atoms with Crippen molar-refractivity contribution in [3.05, 3.63) is 83.6 Å². The molecule has 6 rings (SSSR count). The number of benzene rings is 2. The van der Waals surface area contributed by atoms with E-state index >= 15 is 4.39 Å². The number of hydrogen-bond acceptors (Lipinski definition) is 7. The fraction of sp³-hybridized carbons (Fsp3) is 0.250. The Labute approximate surface area is 225 Å². The molecule has 1 aliphatic carbocycles. The second-order valence-electron chi connectivity index (χ2n) is 9.53. The molecule has 0 unspecified atom stereocenters. The number of aromatic nitrogens is 6. The van der Waals surface area contributed by atoms with Crippen molar-refractivity contribution in [2.75, 3.05) is 7.11 Å². The third-order valence-electron chi connectivity index (χ3n) is 6.71. The second kappa shape index (κ2) is 9.85. The molecule has 12 heteroatoms. The molecular formula is C28H22F4N6O2. The Hall–Kier alpha value is -4.61. The van der Waals surface area contributed by atoms with E-state index in [9.17, 15) is 13.2 Å². The van der Waals surface area contributed by atoms with Gasteiger partial charge in [0.15, 0.2) is 11.5 Å². The summed E-state index contributed by atoms with van der Waals surface area (Å²) in [5, 5.41) is 4.00. The predicted octanol–water partition coefficient (Wildman–Crippen LogP) is 6.23. The largest absolute Gasteiger partial charge is 0.480 e. The van der Waals surface area contributed by atoms with E-state index in [1.165, 1.54) is 25.1 Å². The Balaban J connectivity index is 1.25. The van der Waals surface area contributed by atoms with Crippen molar-refractivity contribution in [3.8, 4) is 39.8 Å². The van der Waals surface area contributed by atoms with Crippen LogP contribution >= 0.6 is 0 Å². The molecule has 8 nitrogen and oxygen atoms in total. The van der Waals surface area contributed by atoms with Gasteiger partial charge < -0.3 is 13.8 Å². The van der Waals surface area contributed by atoms with Crippen LogP contribution in [-0.2, 0) is 19.6 Å². The minimum absolute atomic E-state index is 0.0162. The van der Waals surface area contributed by atoms with Crippen molar-refractivity contribution < 1.29 is 26.8 Å². The minimum atomic E-state index is -4.52. The van der Waals surface area contributed by atoms with E-state index in [0.717, 1.165) is 30.3 Å². The van der Waals surface area contributed by atoms with E-state index in [4.69, 9.17) is 9.26 Å². The number of rotatable bonds is 7. The van der Waals surface area contributed by atoms with Gasteiger partial charge in [0.1, 0.15) is 18.0 Å². The summed E-state index contributed by atoms with van der Waals surface area (Å²) in [7, 11) is 2.99. The normalized spacial score (nSPS) is 13.6. The van der Waals surface area contributed by atoms with Crippen molar-refractivity contribution in [2.24, 2.45) is 7.05 Å². The van der Waals surface area contributed by atoms with Gasteiger partial charge >= 0.3 is 6.18 Å². The molecule has 0 bridgehead atoms. The molecule has 5 aromatic rings. The topological polar surface area (TPSA) is 91.8 Å². The molecular weight excluding hydrogens is 528 g/mol. The lowest BCUT2D eigenvalue weighted by Gasteiger charge is -2.13. The average molecular weight is 551 g/mol. The highest BCUT2D eigenvalue weighted by Gasteiger charge is 2.35. The van der Waals surface area contributed by atoms with E-state index in [-0.39, 0.29) is 35.2 Å². The van der Waals surface area contributed by atoms with Crippen LogP contribution in [0.5, 0.6) is 5.88 Å². The lowest BCUT2D eigenvalue weighted by atomic mass is 9.99. The van der Waals surface area contributed by atoms with Gasteiger partial charge in [0.25, 0.3) is 5.89 Å². The first-order chi connectivity index (χ1) is 19.2. The van der Waals surface area contributed by atoms with Crippen LogP contribution in [0.3, 0.4) is 0 Å². The molecule has 0 aliphatic heterocycles. The molecule has 0 amide bonds. The number of alkyl halides is 3. The Morgan fingerprint density at radius 2 is 1.77 bits per heavy atom. The number of hydrogen-bond donors (Lipinski definition) is 0. The summed E-state index contributed by atoms with van der Waals surface area (Å²) in [4.78, 5) is 16.7. The van der Waals surface area contributed by atoms with Gasteiger partial charge in [-0.25, -0.2) is 19.3 Å². The van der Waals surface area contributed by atoms with E-state index in [2.05, 4.69) is 25.1 Å². The van der Waals surface area contributed by atoms with Gasteiger partial charge in [0.05, 0.1) is 23.9 Å². The average Bonchev–Trinajstić information content (AvgIpc) is 3.56. The lowest BCUT2D eigenvalue weighted by molar-refractivity contribution is -0.140. The monoisotopic (exact) mass is 550 g/mol. The van der Waals surface area contributed by atoms with E-state index in [1.54, 1.807) is 42.5 Å². The fourth-order valence-corrected chi connectivity index (χ4v) is 4.61. The summed E-state index contributed by atoms with van der Waals surface area (Å²) in [5.41, 5.74) is 2.05. The zero-order chi connectivity index (χ0) is 28.0. The second-order valence-corrected chi connectivity index (χ2v) is 9.53. The minimum Gasteiger partial charge on any atom is -0.480 e. The summed E-state index contributed by atoms with van der Waals surface area (Å²) in [6.07, 6.45) is 0.0610. The molecule has 2 aromatic carbocycles. The van der Waals surface area contributed by atoms with E-state index in [1.807, 2.05) is 0 Å². The molecule has 3 heterocycles. The van der Waals surface area contributed by atoms with Gasteiger partial charge in [0.2, 0.25) is 5.88 Å². The number of imidazole rings is 1. The molecule has 40 heavy (non-hydrogen) atoms. The summed E-state index contributed by atoms with van der Waals surface area (Å²) in [6, 6.07) is 11.7. The van der Waals surface area contributed by atoms with Gasteiger partial charge in [-0.15, -0.1) is 0 Å². The lowest BCUT2D eigenvalue weighted by Crippen LogP contribution is -2.04. The fourth-order valence-electron chi connectivity index (χ4n) is 4.61. The molecule has 0 N–H and O–H groups in total. The maximum atomic E-state index is 15.9. The van der Waals surface area contributed by atoms with Crippen molar-refractivity contribution in [1.29, 1.82) is 0 Å². The zero-order valence-corrected chi connectivity index (χ0v) is 21.4. The Bertz CT molecular complexity index is 1690. The van der Waals surface area contributed by atoms with Gasteiger partial charge in [0, 0.05) is 36.7 Å². The number of aryl methyl sites for hydroxylation is 1. The maximum Gasteiger partial charge on any atom is 0.434 e. The Morgan fingerprint density at radius 3 is 2.45 bits per heavy atom. The van der Waals surface area contributed by atoms with Gasteiger partial charge in [-0.2, -0.15) is 18.2 Å². The Morgan fingerprint density at radius 1 is 1.02 bits per heavy atom. The highest BCUT2D eigenvalue weighted by atomic mass is 19.4. The molecule has 0 spiro atoms. The van der Waals surface area contributed by atoms with E-state index in [0.29, 0.717) is 22.8 Å². The first kappa shape index (κ1) is 25.7. The third kappa shape index (κ3) is 4.80. The molecule has 1 fully saturated rings. The standard InChI is InChI=1S/C28H22F4N6O2/c1-38-13-20(28(30,31)32)35-25(38)17-8-6-15(7-9-17)12-21-36-26(40-37-21)19-5-3-4-18(23(19)29)22-24(16-10-11-16)33-14-34-27(22)39-2/h3-9,13-14,16H,10-12H2,1-2H3. The van der Waals surface area contributed by atoms with Crippen LogP contribution in [0.1, 0.15) is 41.5 Å². The summed E-state index contributed by atoms with van der Waals surface area (Å²) in [6.45, 7) is 0. The van der Waals surface area contributed by atoms with Crippen LogP contribution in [0, 0.1) is 5.82 Å². The van der Waals surface area contributed by atoms with Crippen LogP contribution in [0.4, 0.5) is 17.6 Å². The van der Waals surface area contributed by atoms with Crippen molar-refractivity contribution in [3.63, 3.8) is 0 Å². The molecule has 0 atom stereocenters. The van der Waals surface area contributed by atoms with Crippen LogP contribution in [0.2, 0.25) is 0 Å². The number of methoxy groups -OCH3 is 1. The first-order valence-corrected chi connectivity index (χ1v) is 12.4. The van der Waals surface area contributed by atoms with Crippen molar-refractivity contribution >= 4 is 0 Å². The highest BCUT2D eigenvalue weighted by Crippen LogP contribution is 2.46. The van der Waals surface area contributed by atoms with Crippen molar-refractivity contribution in [1.82, 2.24) is 29.7 Å². The van der Waals surface area contributed by atoms with Crippen LogP contribution in [0.25, 0.3) is 34.0 Å². The highest BCUT2D eigenvalue weighted by molar-refractivity contribution is 5.76. The molecule has 1 saturated carbocycles. The van der Waals surface area contributed by atoms with Gasteiger partial charge in [-0.1, -0.05) is 41.6 Å². The molecule has 1 aliphatic rings. The van der Waals surface area contributed by atoms with Crippen LogP contribution in [-0.4, -0.2) is 36.8 Å². The summed E-state index contributed by atoms with van der Waals surface area (Å²) >= 11 is 0. The quantitative estimate of drug-likeness (QED) is 0.222. The van der Waals surface area contributed by atoms with Gasteiger partial charge in [-0.3, -0.25) is 0 Å². The Kier molecular flexibility index (Phi) is 6.32. The smallest absolute Gasteiger partial charge is 0.434 e. The third-order valence-corrected chi connectivity index (χ3v) is 6.71. The van der Waals surface area contributed by atoms with Crippen LogP contribution in [0.15, 0.2) is 59.5 Å². The predicted molar refractivity (Wildman–Crippen MR) is 136 cm³/mol. The SMILES string of the molecule is COc1ncnc(C2CC2)c1-c1cccc(-c2nc(Cc3ccc(-c4nc(C(F)(F)F)cn4C)cc3)no2)c1F. The van der Waals surface area contributed by atoms with Crippen molar-refractivity contribution in [2.45, 2.75) is 31.4 Å². The molecule has 0 radical (unpaired) electrons. The number of halogens is 4. The van der Waals surface area contributed by atoms with Gasteiger partial charge in [-0.05, 0) is 24.5 Å². The maximum absolute atomic E-state index is 15.9. The molecule has 204 valence electrons.